The van der Waals surface area contributed by atoms with E-state index in [4.69, 9.17) is 0 Å². The Labute approximate surface area is 186 Å². The average Bonchev–Trinajstić information content (AvgIpc) is 3.39. The van der Waals surface area contributed by atoms with Crippen LogP contribution in [0.25, 0.3) is 11.3 Å². The van der Waals surface area contributed by atoms with Gasteiger partial charge in [0.05, 0.1) is 18.0 Å². The lowest BCUT2D eigenvalue weighted by molar-refractivity contribution is -0.113. The zero-order chi connectivity index (χ0) is 21.6. The van der Waals surface area contributed by atoms with Crippen LogP contribution in [0, 0.1) is 5.82 Å². The molecule has 158 valence electrons. The largest absolute Gasteiger partial charge is 0.378 e. The van der Waals surface area contributed by atoms with E-state index in [-0.39, 0.29) is 17.5 Å². The first-order chi connectivity index (χ1) is 15.1. The number of benzene rings is 2. The van der Waals surface area contributed by atoms with Crippen LogP contribution in [-0.4, -0.2) is 31.4 Å². The molecule has 0 atom stereocenters. The molecule has 0 bridgehead atoms. The molecule has 0 aliphatic rings. The Morgan fingerprint density at radius 3 is 2.68 bits per heavy atom. The van der Waals surface area contributed by atoms with Crippen molar-refractivity contribution in [3.8, 4) is 11.3 Å². The Balaban J connectivity index is 1.29. The highest BCUT2D eigenvalue weighted by atomic mass is 32.2. The van der Waals surface area contributed by atoms with Gasteiger partial charge in [-0.15, -0.1) is 21.5 Å². The highest BCUT2D eigenvalue weighted by Crippen LogP contribution is 2.25. The van der Waals surface area contributed by atoms with Gasteiger partial charge in [0.1, 0.15) is 5.82 Å². The monoisotopic (exact) mass is 454 g/mol. The third-order valence-electron chi connectivity index (χ3n) is 4.37. The molecule has 0 spiro atoms. The van der Waals surface area contributed by atoms with E-state index in [1.54, 1.807) is 12.1 Å². The molecule has 0 aliphatic heterocycles. The molecule has 2 heterocycles. The van der Waals surface area contributed by atoms with Gasteiger partial charge in [-0.25, -0.2) is 9.37 Å². The van der Waals surface area contributed by atoms with E-state index >= 15 is 0 Å². The normalized spacial score (nSPS) is 10.8. The third kappa shape index (κ3) is 5.47. The first-order valence-corrected chi connectivity index (χ1v) is 11.3. The van der Waals surface area contributed by atoms with Crippen LogP contribution in [0.15, 0.2) is 65.1 Å². The maximum absolute atomic E-state index is 13.0. The van der Waals surface area contributed by atoms with Crippen LogP contribution in [0.3, 0.4) is 0 Å². The van der Waals surface area contributed by atoms with Crippen LogP contribution < -0.4 is 10.6 Å². The second kappa shape index (κ2) is 9.71. The average molecular weight is 455 g/mol. The van der Waals surface area contributed by atoms with Crippen LogP contribution in [0.4, 0.5) is 15.2 Å². The summed E-state index contributed by atoms with van der Waals surface area (Å²) in [5.74, 6) is 0.459. The summed E-state index contributed by atoms with van der Waals surface area (Å²) < 4.78 is 14.8. The van der Waals surface area contributed by atoms with Gasteiger partial charge in [0.2, 0.25) is 5.91 Å². The van der Waals surface area contributed by atoms with E-state index in [1.807, 2.05) is 47.3 Å². The summed E-state index contributed by atoms with van der Waals surface area (Å²) >= 11 is 2.69. The summed E-state index contributed by atoms with van der Waals surface area (Å²) in [7, 11) is 1.84. The number of nitrogens with zero attached hydrogens (tertiary/aromatic N) is 4. The molecular weight excluding hydrogens is 435 g/mol. The number of carbonyl (C=O) groups is 1. The number of halogens is 1. The van der Waals surface area contributed by atoms with E-state index in [0.29, 0.717) is 22.7 Å². The summed E-state index contributed by atoms with van der Waals surface area (Å²) in [4.78, 5) is 16.8. The van der Waals surface area contributed by atoms with Crippen molar-refractivity contribution in [1.82, 2.24) is 19.7 Å². The van der Waals surface area contributed by atoms with Crippen LogP contribution >= 0.6 is 23.1 Å². The number of hydrogen-bond donors (Lipinski definition) is 2. The number of thioether (sulfide) groups is 1. The van der Waals surface area contributed by atoms with Crippen molar-refractivity contribution >= 4 is 39.8 Å². The van der Waals surface area contributed by atoms with E-state index in [1.165, 1.54) is 35.2 Å². The van der Waals surface area contributed by atoms with Gasteiger partial charge in [-0.2, -0.15) is 0 Å². The van der Waals surface area contributed by atoms with E-state index in [9.17, 15) is 9.18 Å². The third-order valence-corrected chi connectivity index (χ3v) is 6.15. The second-order valence-corrected chi connectivity index (χ2v) is 8.36. The van der Waals surface area contributed by atoms with Crippen molar-refractivity contribution in [2.24, 2.45) is 7.05 Å². The Hall–Kier alpha value is -3.24. The molecule has 0 fully saturated rings. The fraction of sp³-hybridized carbons (Fsp3) is 0.143. The first-order valence-electron chi connectivity index (χ1n) is 9.40. The summed E-state index contributed by atoms with van der Waals surface area (Å²) in [5.41, 5.74) is 2.63. The van der Waals surface area contributed by atoms with Crippen molar-refractivity contribution in [2.45, 2.75) is 11.7 Å². The maximum atomic E-state index is 13.0. The van der Waals surface area contributed by atoms with Gasteiger partial charge in [-0.05, 0) is 24.3 Å². The minimum Gasteiger partial charge on any atom is -0.378 e. The highest BCUT2D eigenvalue weighted by Gasteiger charge is 2.13. The second-order valence-electron chi connectivity index (χ2n) is 6.56. The standard InChI is InChI=1S/C21H19FN6OS2/c1-28-18(11-23-16-9-7-15(22)8-10-16)26-27-21(28)31-13-19(29)25-20-24-17(12-30-20)14-5-3-2-4-6-14/h2-10,12,23H,11,13H2,1H3,(H,24,25,29). The number of aromatic nitrogens is 4. The molecule has 31 heavy (non-hydrogen) atoms. The molecule has 0 saturated heterocycles. The quantitative estimate of drug-likeness (QED) is 0.384. The molecule has 4 rings (SSSR count). The Morgan fingerprint density at radius 1 is 1.13 bits per heavy atom. The predicted octanol–water partition coefficient (Wildman–Crippen LogP) is 4.42. The summed E-state index contributed by atoms with van der Waals surface area (Å²) in [6.45, 7) is 0.434. The van der Waals surface area contributed by atoms with E-state index < -0.39 is 0 Å². The summed E-state index contributed by atoms with van der Waals surface area (Å²) in [6.07, 6.45) is 0. The number of nitrogens with one attached hydrogen (secondary N) is 2. The minimum atomic E-state index is -0.282. The van der Waals surface area contributed by atoms with Gasteiger partial charge in [0.25, 0.3) is 0 Å². The van der Waals surface area contributed by atoms with Gasteiger partial charge >= 0.3 is 0 Å². The van der Waals surface area contributed by atoms with Gasteiger partial charge in [0.15, 0.2) is 16.1 Å². The molecule has 2 aromatic heterocycles. The number of thiazole rings is 1. The highest BCUT2D eigenvalue weighted by molar-refractivity contribution is 7.99. The molecule has 0 unspecified atom stereocenters. The van der Waals surface area contributed by atoms with Crippen LogP contribution in [-0.2, 0) is 18.4 Å². The molecule has 0 aliphatic carbocycles. The SMILES string of the molecule is Cn1c(CNc2ccc(F)cc2)nnc1SCC(=O)Nc1nc(-c2ccccc2)cs1. The molecule has 10 heteroatoms. The topological polar surface area (TPSA) is 84.7 Å². The molecule has 2 aromatic carbocycles. The molecule has 2 N–H and O–H groups in total. The summed E-state index contributed by atoms with van der Waals surface area (Å²) in [6, 6.07) is 15.9. The van der Waals surface area contributed by atoms with Crippen molar-refractivity contribution in [2.75, 3.05) is 16.4 Å². The number of rotatable bonds is 8. The van der Waals surface area contributed by atoms with Crippen LogP contribution in [0.1, 0.15) is 5.82 Å². The molecule has 1 amide bonds. The van der Waals surface area contributed by atoms with Gasteiger partial charge in [-0.1, -0.05) is 42.1 Å². The molecule has 7 nitrogen and oxygen atoms in total. The number of hydrogen-bond acceptors (Lipinski definition) is 7. The molecule has 4 aromatic rings. The molecule has 0 radical (unpaired) electrons. The van der Waals surface area contributed by atoms with Crippen molar-refractivity contribution < 1.29 is 9.18 Å². The smallest absolute Gasteiger partial charge is 0.236 e. The van der Waals surface area contributed by atoms with E-state index in [2.05, 4.69) is 25.8 Å². The number of anilines is 2. The van der Waals surface area contributed by atoms with Crippen molar-refractivity contribution in [3.05, 3.63) is 71.6 Å². The lowest BCUT2D eigenvalue weighted by Crippen LogP contribution is -2.14. The van der Waals surface area contributed by atoms with Gasteiger partial charge in [0, 0.05) is 23.7 Å². The Kier molecular flexibility index (Phi) is 6.58. The number of carbonyl (C=O) groups excluding carboxylic acids is 1. The predicted molar refractivity (Wildman–Crippen MR) is 122 cm³/mol. The molecular formula is C21H19FN6OS2. The van der Waals surface area contributed by atoms with Crippen molar-refractivity contribution in [1.29, 1.82) is 0 Å². The van der Waals surface area contributed by atoms with Crippen LogP contribution in [0.2, 0.25) is 0 Å². The maximum Gasteiger partial charge on any atom is 0.236 e. The zero-order valence-corrected chi connectivity index (χ0v) is 18.2. The number of amides is 1. The van der Waals surface area contributed by atoms with Crippen LogP contribution in [0.5, 0.6) is 0 Å². The Morgan fingerprint density at radius 2 is 1.90 bits per heavy atom. The summed E-state index contributed by atoms with van der Waals surface area (Å²) in [5, 5.41) is 17.4. The van der Waals surface area contributed by atoms with Gasteiger partial charge < -0.3 is 15.2 Å². The lowest BCUT2D eigenvalue weighted by atomic mass is 10.2. The minimum absolute atomic E-state index is 0.159. The van der Waals surface area contributed by atoms with E-state index in [0.717, 1.165) is 16.9 Å². The fourth-order valence-electron chi connectivity index (χ4n) is 2.73. The molecule has 0 saturated carbocycles. The zero-order valence-electron chi connectivity index (χ0n) is 16.6. The van der Waals surface area contributed by atoms with Gasteiger partial charge in [-0.3, -0.25) is 4.79 Å². The lowest BCUT2D eigenvalue weighted by Gasteiger charge is -2.07. The van der Waals surface area contributed by atoms with Crippen molar-refractivity contribution in [3.63, 3.8) is 0 Å². The Bertz CT molecular complexity index is 1160. The first kappa shape index (κ1) is 21.0. The fourth-order valence-corrected chi connectivity index (χ4v) is 4.20.